The van der Waals surface area contributed by atoms with Crippen LogP contribution in [0.4, 0.5) is 9.59 Å². The molecule has 0 unspecified atom stereocenters. The highest BCUT2D eigenvalue weighted by Crippen LogP contribution is 2.46. The summed E-state index contributed by atoms with van der Waals surface area (Å²) in [6.07, 6.45) is 17.2. The predicted octanol–water partition coefficient (Wildman–Crippen LogP) is 12.1. The van der Waals surface area contributed by atoms with Crippen molar-refractivity contribution in [2.24, 2.45) is 11.8 Å². The molecule has 2 saturated heterocycles. The van der Waals surface area contributed by atoms with E-state index in [2.05, 4.69) is 60.8 Å². The maximum Gasteiger partial charge on any atom is 0.410 e. The van der Waals surface area contributed by atoms with Gasteiger partial charge in [-0.1, -0.05) is 39.3 Å². The molecule has 2 amide bonds. The van der Waals surface area contributed by atoms with Crippen LogP contribution in [-0.2, 0) is 32.4 Å². The van der Waals surface area contributed by atoms with Crippen molar-refractivity contribution in [2.45, 2.75) is 219 Å². The van der Waals surface area contributed by atoms with Crippen LogP contribution >= 0.6 is 0 Å². The zero-order valence-electron chi connectivity index (χ0n) is 40.9. The molecule has 62 heavy (non-hydrogen) atoms. The summed E-state index contributed by atoms with van der Waals surface area (Å²) in [6, 6.07) is 2.04. The Morgan fingerprint density at radius 2 is 0.935 bits per heavy atom. The Hall–Kier alpha value is -2.69. The number of ether oxygens (including phenoxy) is 4. The molecule has 2 atom stereocenters. The minimum Gasteiger partial charge on any atom is -0.444 e. The minimum atomic E-state index is -1.22. The van der Waals surface area contributed by atoms with Crippen molar-refractivity contribution in [3.05, 3.63) is 35.4 Å². The molecule has 2 aliphatic heterocycles. The molecular weight excluding hydrogens is 813 g/mol. The standard InChI is InChI=1S/C48H84N6O6Si2/c1-47(2,3)59-45(55)53-25-13-15-41(53)43-49-39(31-51(43)33-57-27-29-61(7,8)9)37-21-17-35(18-22-37)36-19-23-38(24-20-36)40-32-52(34-58-28-30-62(10,11)12)44(50-40)42-16-14-26-54(42)46(56)60-48(4,5)6/h31-32,35-38,41-42H,13-30,33-34H2,1-12H3/t35?,36?,37?,38?,41-,42-/m0/s1. The van der Waals surface area contributed by atoms with Crippen molar-refractivity contribution in [3.8, 4) is 0 Å². The third kappa shape index (κ3) is 13.7. The molecule has 6 rings (SSSR count). The largest absolute Gasteiger partial charge is 0.444 e. The van der Waals surface area contributed by atoms with Crippen molar-refractivity contribution < 1.29 is 28.5 Å². The second-order valence-electron chi connectivity index (χ2n) is 23.6. The Kier molecular flexibility index (Phi) is 15.9. The number of carbonyl (C=O) groups is 2. The molecule has 4 aliphatic rings. The number of hydrogen-bond acceptors (Lipinski definition) is 8. The lowest BCUT2D eigenvalue weighted by molar-refractivity contribution is 0.0194. The molecule has 12 nitrogen and oxygen atoms in total. The van der Waals surface area contributed by atoms with Crippen LogP contribution in [0.1, 0.15) is 166 Å². The summed E-state index contributed by atoms with van der Waals surface area (Å²) in [6.45, 7) is 29.7. The number of carbonyl (C=O) groups excluding carboxylic acids is 2. The molecule has 350 valence electrons. The van der Waals surface area contributed by atoms with Gasteiger partial charge in [-0.05, 0) is 143 Å². The molecule has 0 aromatic carbocycles. The van der Waals surface area contributed by atoms with E-state index in [1.54, 1.807) is 0 Å². The van der Waals surface area contributed by atoms with Crippen molar-refractivity contribution in [1.82, 2.24) is 28.9 Å². The van der Waals surface area contributed by atoms with Crippen LogP contribution in [0.2, 0.25) is 51.4 Å². The number of rotatable bonds is 15. The van der Waals surface area contributed by atoms with Gasteiger partial charge in [0.2, 0.25) is 0 Å². The van der Waals surface area contributed by atoms with Gasteiger partial charge in [-0.25, -0.2) is 19.6 Å². The molecule has 2 aromatic rings. The molecule has 2 aromatic heterocycles. The smallest absolute Gasteiger partial charge is 0.410 e. The number of amides is 2. The van der Waals surface area contributed by atoms with Crippen LogP contribution in [0.25, 0.3) is 0 Å². The van der Waals surface area contributed by atoms with Crippen LogP contribution in [0, 0.1) is 11.8 Å². The quantitative estimate of drug-likeness (QED) is 0.128. The van der Waals surface area contributed by atoms with E-state index < -0.39 is 27.3 Å². The molecule has 14 heteroatoms. The Balaban J connectivity index is 1.09. The minimum absolute atomic E-state index is 0.0993. The van der Waals surface area contributed by atoms with Crippen molar-refractivity contribution in [3.63, 3.8) is 0 Å². The lowest BCUT2D eigenvalue weighted by Gasteiger charge is -2.37. The number of imidazole rings is 2. The third-order valence-electron chi connectivity index (χ3n) is 13.5. The van der Waals surface area contributed by atoms with E-state index in [4.69, 9.17) is 28.9 Å². The second-order valence-corrected chi connectivity index (χ2v) is 34.8. The number of nitrogens with zero attached hydrogens (tertiary/aromatic N) is 6. The van der Waals surface area contributed by atoms with Gasteiger partial charge in [0.1, 0.15) is 36.3 Å². The first kappa shape index (κ1) is 48.8. The van der Waals surface area contributed by atoms with Crippen molar-refractivity contribution in [2.75, 3.05) is 26.3 Å². The topological polar surface area (TPSA) is 113 Å². The van der Waals surface area contributed by atoms with E-state index >= 15 is 0 Å². The molecule has 0 radical (unpaired) electrons. The fourth-order valence-electron chi connectivity index (χ4n) is 10.0. The van der Waals surface area contributed by atoms with Crippen molar-refractivity contribution in [1.29, 1.82) is 0 Å². The lowest BCUT2D eigenvalue weighted by atomic mass is 9.68. The van der Waals surface area contributed by atoms with E-state index in [1.807, 2.05) is 51.3 Å². The summed E-state index contributed by atoms with van der Waals surface area (Å²) in [5.74, 6) is 4.23. The summed E-state index contributed by atoms with van der Waals surface area (Å²) in [5.41, 5.74) is 1.24. The number of likely N-dealkylation sites (tertiary alicyclic amines) is 2. The Morgan fingerprint density at radius 1 is 0.581 bits per heavy atom. The van der Waals surface area contributed by atoms with E-state index in [0.29, 0.717) is 38.4 Å². The Morgan fingerprint density at radius 3 is 1.26 bits per heavy atom. The highest BCUT2D eigenvalue weighted by molar-refractivity contribution is 6.76. The molecule has 4 fully saturated rings. The highest BCUT2D eigenvalue weighted by atomic mass is 28.3. The predicted molar refractivity (Wildman–Crippen MR) is 252 cm³/mol. The van der Waals surface area contributed by atoms with E-state index in [0.717, 1.165) is 112 Å². The van der Waals surface area contributed by atoms with Gasteiger partial charge < -0.3 is 28.1 Å². The first-order valence-electron chi connectivity index (χ1n) is 24.3. The molecule has 0 bridgehead atoms. The van der Waals surface area contributed by atoms with Gasteiger partial charge in [-0.3, -0.25) is 9.80 Å². The van der Waals surface area contributed by atoms with Gasteiger partial charge in [-0.15, -0.1) is 0 Å². The summed E-state index contributed by atoms with van der Waals surface area (Å²) in [7, 11) is -2.44. The summed E-state index contributed by atoms with van der Waals surface area (Å²) >= 11 is 0. The Labute approximate surface area is 376 Å². The fourth-order valence-corrected chi connectivity index (χ4v) is 11.6. The monoisotopic (exact) mass is 897 g/mol. The zero-order chi connectivity index (χ0) is 45.0. The first-order valence-corrected chi connectivity index (χ1v) is 31.7. The molecule has 4 heterocycles. The van der Waals surface area contributed by atoms with Gasteiger partial charge in [0, 0.05) is 66.7 Å². The molecule has 2 aliphatic carbocycles. The van der Waals surface area contributed by atoms with Crippen LogP contribution in [0.15, 0.2) is 12.4 Å². The number of aromatic nitrogens is 4. The van der Waals surface area contributed by atoms with Gasteiger partial charge in [0.15, 0.2) is 0 Å². The fraction of sp³-hybridized carbons (Fsp3) is 0.833. The maximum absolute atomic E-state index is 13.4. The van der Waals surface area contributed by atoms with Crippen LogP contribution in [0.5, 0.6) is 0 Å². The Bertz CT molecular complexity index is 1640. The maximum atomic E-state index is 13.4. The van der Waals surface area contributed by atoms with E-state index in [-0.39, 0.29) is 24.3 Å². The van der Waals surface area contributed by atoms with Crippen LogP contribution in [-0.4, -0.2) is 94.7 Å². The lowest BCUT2D eigenvalue weighted by Crippen LogP contribution is -2.37. The van der Waals surface area contributed by atoms with Gasteiger partial charge in [-0.2, -0.15) is 0 Å². The molecular formula is C48H84N6O6Si2. The number of hydrogen-bond donors (Lipinski definition) is 0. The van der Waals surface area contributed by atoms with Gasteiger partial charge >= 0.3 is 12.2 Å². The molecule has 2 saturated carbocycles. The van der Waals surface area contributed by atoms with Crippen molar-refractivity contribution >= 4 is 28.3 Å². The average Bonchev–Trinajstić information content (AvgIpc) is 3.99. The molecule has 0 N–H and O–H groups in total. The summed E-state index contributed by atoms with van der Waals surface area (Å²) < 4.78 is 28.7. The average molecular weight is 897 g/mol. The van der Waals surface area contributed by atoms with Gasteiger partial charge in [0.05, 0.1) is 23.5 Å². The third-order valence-corrected chi connectivity index (χ3v) is 16.9. The van der Waals surface area contributed by atoms with E-state index in [1.165, 1.54) is 25.7 Å². The van der Waals surface area contributed by atoms with Crippen LogP contribution < -0.4 is 0 Å². The normalized spacial score (nSPS) is 25.4. The summed E-state index contributed by atoms with van der Waals surface area (Å²) in [5, 5.41) is 0. The molecule has 0 spiro atoms. The van der Waals surface area contributed by atoms with E-state index in [9.17, 15) is 9.59 Å². The second kappa shape index (κ2) is 20.2. The van der Waals surface area contributed by atoms with Gasteiger partial charge in [0.25, 0.3) is 0 Å². The zero-order valence-corrected chi connectivity index (χ0v) is 42.9. The summed E-state index contributed by atoms with van der Waals surface area (Å²) in [4.78, 5) is 41.2. The van der Waals surface area contributed by atoms with Crippen LogP contribution in [0.3, 0.4) is 0 Å². The highest BCUT2D eigenvalue weighted by Gasteiger charge is 2.40. The SMILES string of the molecule is CC(C)(C)OC(=O)N1CCC[C@H]1c1nc(C2CCC(C3CCC(c4cn(COCC[Si](C)(C)C)c([C@@H]5CCCN5C(=O)OC(C)(C)C)n4)CC3)CC2)cn1COCC[Si](C)(C)C. The first-order chi connectivity index (χ1) is 29.0.